The van der Waals surface area contributed by atoms with E-state index in [0.717, 1.165) is 5.69 Å². The van der Waals surface area contributed by atoms with E-state index in [2.05, 4.69) is 67.2 Å². The maximum Gasteiger partial charge on any atom is 0.0877 e. The third-order valence-electron chi connectivity index (χ3n) is 2.55. The Balaban J connectivity index is 0.000000180. The first-order valence-corrected chi connectivity index (χ1v) is 6.07. The topological polar surface area (TPSA) is 70.2 Å². The van der Waals surface area contributed by atoms with Crippen molar-refractivity contribution in [1.82, 2.24) is 25.6 Å². The van der Waals surface area contributed by atoms with Crippen molar-refractivity contribution in [1.29, 1.82) is 0 Å². The van der Waals surface area contributed by atoms with Gasteiger partial charge in [0.2, 0.25) is 0 Å². The number of nitrogens with zero attached hydrogens (tertiary/aromatic N) is 3. The van der Waals surface area contributed by atoms with E-state index >= 15 is 0 Å². The van der Waals surface area contributed by atoms with E-state index in [1.807, 2.05) is 12.4 Å². The van der Waals surface area contributed by atoms with E-state index in [0.29, 0.717) is 0 Å². The quantitative estimate of drug-likeness (QED) is 0.754. The van der Waals surface area contributed by atoms with Crippen LogP contribution in [0.4, 0.5) is 0 Å². The van der Waals surface area contributed by atoms with Crippen LogP contribution in [0.3, 0.4) is 0 Å². The molecule has 5 heteroatoms. The highest BCUT2D eigenvalue weighted by Crippen LogP contribution is 2.19. The lowest BCUT2D eigenvalue weighted by Crippen LogP contribution is -2.11. The summed E-state index contributed by atoms with van der Waals surface area (Å²) < 4.78 is 0. The van der Waals surface area contributed by atoms with Gasteiger partial charge in [-0.15, -0.1) is 0 Å². The summed E-state index contributed by atoms with van der Waals surface area (Å²) in [5.41, 5.74) is 2.60. The summed E-state index contributed by atoms with van der Waals surface area (Å²) in [5.74, 6) is 0. The summed E-state index contributed by atoms with van der Waals surface area (Å²) in [6.45, 7) is 12.8. The molecule has 0 saturated heterocycles. The Morgan fingerprint density at radius 1 is 0.889 bits per heavy atom. The molecule has 2 heterocycles. The zero-order valence-corrected chi connectivity index (χ0v) is 12.1. The predicted octanol–water partition coefficient (Wildman–Crippen LogP) is 2.81. The van der Waals surface area contributed by atoms with Gasteiger partial charge >= 0.3 is 0 Å². The van der Waals surface area contributed by atoms with Gasteiger partial charge in [0, 0.05) is 11.6 Å². The van der Waals surface area contributed by atoms with Crippen molar-refractivity contribution in [2.24, 2.45) is 0 Å². The average Bonchev–Trinajstić information content (AvgIpc) is 2.91. The molecular formula is C13H23N5. The van der Waals surface area contributed by atoms with Crippen LogP contribution in [0, 0.1) is 0 Å². The summed E-state index contributed by atoms with van der Waals surface area (Å²) in [6, 6.07) is 0. The SMILES string of the molecule is CC(C)(C)c1cn[nH]c1.CC(C)(C)c1cn[nH]n1. The van der Waals surface area contributed by atoms with Crippen LogP contribution in [0.25, 0.3) is 0 Å². The molecule has 0 aliphatic carbocycles. The molecule has 0 aromatic carbocycles. The van der Waals surface area contributed by atoms with E-state index in [1.165, 1.54) is 5.56 Å². The predicted molar refractivity (Wildman–Crippen MR) is 72.4 cm³/mol. The molecule has 0 aliphatic heterocycles. The Hall–Kier alpha value is -1.65. The van der Waals surface area contributed by atoms with Crippen LogP contribution in [0.15, 0.2) is 18.6 Å². The highest BCUT2D eigenvalue weighted by molar-refractivity contribution is 5.13. The monoisotopic (exact) mass is 249 g/mol. The number of rotatable bonds is 0. The fourth-order valence-corrected chi connectivity index (χ4v) is 1.22. The van der Waals surface area contributed by atoms with Crippen molar-refractivity contribution < 1.29 is 0 Å². The fourth-order valence-electron chi connectivity index (χ4n) is 1.22. The van der Waals surface area contributed by atoms with Gasteiger partial charge in [0.1, 0.15) is 0 Å². The van der Waals surface area contributed by atoms with Gasteiger partial charge in [-0.2, -0.15) is 20.5 Å². The van der Waals surface area contributed by atoms with Crippen molar-refractivity contribution in [3.8, 4) is 0 Å². The Labute approximate surface area is 108 Å². The number of hydrogen-bond acceptors (Lipinski definition) is 3. The van der Waals surface area contributed by atoms with Crippen molar-refractivity contribution in [3.05, 3.63) is 29.8 Å². The molecule has 0 saturated carbocycles. The third kappa shape index (κ3) is 4.31. The second-order valence-corrected chi connectivity index (χ2v) is 6.34. The number of nitrogens with one attached hydrogen (secondary N) is 2. The third-order valence-corrected chi connectivity index (χ3v) is 2.55. The Kier molecular flexibility index (Phi) is 4.27. The molecule has 0 aliphatic rings. The first-order chi connectivity index (χ1) is 8.21. The molecule has 18 heavy (non-hydrogen) atoms. The van der Waals surface area contributed by atoms with Gasteiger partial charge in [-0.3, -0.25) is 5.10 Å². The number of aromatic amines is 2. The fraction of sp³-hybridized carbons (Fsp3) is 0.615. The average molecular weight is 249 g/mol. The van der Waals surface area contributed by atoms with Crippen LogP contribution >= 0.6 is 0 Å². The molecule has 0 fully saturated rings. The van der Waals surface area contributed by atoms with Crippen LogP contribution < -0.4 is 0 Å². The Morgan fingerprint density at radius 2 is 1.56 bits per heavy atom. The highest BCUT2D eigenvalue weighted by Gasteiger charge is 2.15. The lowest BCUT2D eigenvalue weighted by Gasteiger charge is -2.14. The molecule has 0 atom stereocenters. The van der Waals surface area contributed by atoms with Gasteiger partial charge in [0.15, 0.2) is 0 Å². The Morgan fingerprint density at radius 3 is 1.78 bits per heavy atom. The largest absolute Gasteiger partial charge is 0.285 e. The van der Waals surface area contributed by atoms with E-state index in [1.54, 1.807) is 6.20 Å². The molecule has 5 nitrogen and oxygen atoms in total. The van der Waals surface area contributed by atoms with Gasteiger partial charge in [0.25, 0.3) is 0 Å². The lowest BCUT2D eigenvalue weighted by molar-refractivity contribution is 0.566. The number of hydrogen-bond donors (Lipinski definition) is 2. The molecule has 0 radical (unpaired) electrons. The van der Waals surface area contributed by atoms with Crippen LogP contribution in [0.5, 0.6) is 0 Å². The van der Waals surface area contributed by atoms with Gasteiger partial charge in [-0.25, -0.2) is 0 Å². The Bertz CT molecular complexity index is 384. The first-order valence-electron chi connectivity index (χ1n) is 6.07. The minimum absolute atomic E-state index is 0.118. The highest BCUT2D eigenvalue weighted by atomic mass is 15.3. The smallest absolute Gasteiger partial charge is 0.0877 e. The molecule has 0 amide bonds. The number of H-pyrrole nitrogens is 2. The van der Waals surface area contributed by atoms with Crippen LogP contribution in [-0.2, 0) is 10.8 Å². The van der Waals surface area contributed by atoms with Crippen LogP contribution in [-0.4, -0.2) is 25.6 Å². The van der Waals surface area contributed by atoms with Crippen molar-refractivity contribution in [2.75, 3.05) is 0 Å². The lowest BCUT2D eigenvalue weighted by atomic mass is 9.90. The summed E-state index contributed by atoms with van der Waals surface area (Å²) in [4.78, 5) is 0. The maximum atomic E-state index is 3.95. The van der Waals surface area contributed by atoms with Crippen molar-refractivity contribution in [2.45, 2.75) is 52.4 Å². The van der Waals surface area contributed by atoms with Crippen molar-refractivity contribution >= 4 is 0 Å². The van der Waals surface area contributed by atoms with Crippen molar-refractivity contribution in [3.63, 3.8) is 0 Å². The molecule has 0 spiro atoms. The van der Waals surface area contributed by atoms with Crippen LogP contribution in [0.2, 0.25) is 0 Å². The zero-order chi connectivity index (χ0) is 13.8. The van der Waals surface area contributed by atoms with Crippen LogP contribution in [0.1, 0.15) is 52.8 Å². The molecular weight excluding hydrogens is 226 g/mol. The number of aromatic nitrogens is 5. The standard InChI is InChI=1S/C7H12N2.C6H11N3/c1-7(2,3)6-4-8-9-5-6;1-6(2,3)5-4-7-9-8-5/h4-5H,1-3H3,(H,8,9);4H,1-3H3,(H,7,8,9). The molecule has 2 N–H and O–H groups in total. The molecule has 2 rings (SSSR count). The van der Waals surface area contributed by atoms with Gasteiger partial charge in [-0.05, 0) is 11.0 Å². The minimum atomic E-state index is 0.118. The van der Waals surface area contributed by atoms with E-state index in [9.17, 15) is 0 Å². The first kappa shape index (κ1) is 14.4. The van der Waals surface area contributed by atoms with E-state index in [-0.39, 0.29) is 10.8 Å². The van der Waals surface area contributed by atoms with E-state index in [4.69, 9.17) is 0 Å². The summed E-state index contributed by atoms with van der Waals surface area (Å²) in [7, 11) is 0. The minimum Gasteiger partial charge on any atom is -0.285 e. The normalized spacial score (nSPS) is 11.9. The van der Waals surface area contributed by atoms with Gasteiger partial charge in [0.05, 0.1) is 18.1 Å². The van der Waals surface area contributed by atoms with E-state index < -0.39 is 0 Å². The molecule has 0 unspecified atom stereocenters. The summed E-state index contributed by atoms with van der Waals surface area (Å²) >= 11 is 0. The second kappa shape index (κ2) is 5.33. The molecule has 0 bridgehead atoms. The van der Waals surface area contributed by atoms with Gasteiger partial charge in [-0.1, -0.05) is 41.5 Å². The molecule has 2 aromatic rings. The zero-order valence-electron chi connectivity index (χ0n) is 12.1. The maximum absolute atomic E-state index is 3.95. The summed E-state index contributed by atoms with van der Waals surface area (Å²) in [6.07, 6.45) is 5.54. The second-order valence-electron chi connectivity index (χ2n) is 6.34. The molecule has 2 aromatic heterocycles. The molecule has 100 valence electrons. The van der Waals surface area contributed by atoms with Gasteiger partial charge < -0.3 is 0 Å². The summed E-state index contributed by atoms with van der Waals surface area (Å²) in [5, 5.41) is 16.9.